The molecule has 3 aliphatic heterocycles. The third-order valence-electron chi connectivity index (χ3n) is 8.10. The molecule has 0 atom stereocenters. The number of rotatable bonds is 5. The zero-order chi connectivity index (χ0) is 28.6. The van der Waals surface area contributed by atoms with Crippen LogP contribution in [0, 0.1) is 11.2 Å². The maximum absolute atomic E-state index is 15.5. The summed E-state index contributed by atoms with van der Waals surface area (Å²) < 4.78 is 102. The summed E-state index contributed by atoms with van der Waals surface area (Å²) in [5.41, 5.74) is 0.559. The van der Waals surface area contributed by atoms with E-state index in [2.05, 4.69) is 14.5 Å². The number of piperidine rings is 1. The summed E-state index contributed by atoms with van der Waals surface area (Å²) in [6.07, 6.45) is -15.8. The fourth-order valence-corrected chi connectivity index (χ4v) is 6.05. The van der Waals surface area contributed by atoms with Gasteiger partial charge >= 0.3 is 18.4 Å². The minimum atomic E-state index is -5.75. The predicted octanol–water partition coefficient (Wildman–Crippen LogP) is 5.35. The maximum atomic E-state index is 15.5. The Morgan fingerprint density at radius 1 is 0.974 bits per heavy atom. The van der Waals surface area contributed by atoms with E-state index in [1.165, 1.54) is 0 Å². The molecule has 6 nitrogen and oxygen atoms in total. The second-order valence-corrected chi connectivity index (χ2v) is 11.5. The Kier molecular flexibility index (Phi) is 8.45. The molecule has 1 spiro atoms. The summed E-state index contributed by atoms with van der Waals surface area (Å²) in [6, 6.07) is 5.38. The molecule has 0 N–H and O–H groups in total. The fraction of sp³-hybridized carbons (Fsp3) is 0.731. The minimum absolute atomic E-state index is 0.0193. The Balaban J connectivity index is 1.38. The summed E-state index contributed by atoms with van der Waals surface area (Å²) in [7, 11) is 0. The molecule has 1 aromatic carbocycles. The lowest BCUT2D eigenvalue weighted by molar-refractivity contribution is -0.308. The largest absolute Gasteiger partial charge is 0.434 e. The van der Waals surface area contributed by atoms with Crippen molar-refractivity contribution in [2.75, 3.05) is 45.9 Å². The van der Waals surface area contributed by atoms with Gasteiger partial charge in [0.1, 0.15) is 5.82 Å². The van der Waals surface area contributed by atoms with Crippen molar-refractivity contribution in [3.8, 4) is 0 Å². The van der Waals surface area contributed by atoms with Crippen molar-refractivity contribution in [3.05, 3.63) is 35.1 Å². The van der Waals surface area contributed by atoms with Crippen LogP contribution in [-0.2, 0) is 22.6 Å². The second-order valence-electron chi connectivity index (χ2n) is 11.5. The summed E-state index contributed by atoms with van der Waals surface area (Å²) in [5.74, 6) is -0.248. The van der Waals surface area contributed by atoms with Crippen molar-refractivity contribution < 1.29 is 45.0 Å². The van der Waals surface area contributed by atoms with Crippen LogP contribution in [0.5, 0.6) is 0 Å². The molecule has 220 valence electrons. The summed E-state index contributed by atoms with van der Waals surface area (Å²) in [4.78, 5) is 17.4. The highest BCUT2D eigenvalue weighted by Gasteiger charge is 2.60. The Bertz CT molecular complexity index is 1000. The molecule has 0 saturated carbocycles. The first-order chi connectivity index (χ1) is 18.1. The van der Waals surface area contributed by atoms with Crippen molar-refractivity contribution in [3.63, 3.8) is 0 Å². The van der Waals surface area contributed by atoms with E-state index >= 15 is 4.39 Å². The van der Waals surface area contributed by atoms with E-state index in [1.807, 2.05) is 19.9 Å². The highest BCUT2D eigenvalue weighted by Crippen LogP contribution is 2.49. The van der Waals surface area contributed by atoms with Gasteiger partial charge in [-0.1, -0.05) is 18.2 Å². The van der Waals surface area contributed by atoms with E-state index in [4.69, 9.17) is 4.74 Å². The van der Waals surface area contributed by atoms with Crippen molar-refractivity contribution in [2.24, 2.45) is 5.41 Å². The summed E-state index contributed by atoms with van der Waals surface area (Å²) in [5, 5.41) is 0. The number of ether oxygens (including phenoxy) is 2. The first-order valence-electron chi connectivity index (χ1n) is 13.0. The zero-order valence-electron chi connectivity index (χ0n) is 22.0. The molecule has 0 unspecified atom stereocenters. The molecule has 39 heavy (non-hydrogen) atoms. The van der Waals surface area contributed by atoms with E-state index in [9.17, 15) is 31.1 Å². The van der Waals surface area contributed by atoms with E-state index in [-0.39, 0.29) is 29.9 Å². The SMILES string of the molecule is CC1(C)CC2(CCN(C(=O)OC(C(F)(F)F)C(F)(F)F)CC2)CN1Cc1cccc(CN2CCOCC2)c1F. The third-order valence-corrected chi connectivity index (χ3v) is 8.10. The van der Waals surface area contributed by atoms with Crippen LogP contribution in [0.3, 0.4) is 0 Å². The molecule has 13 heteroatoms. The Morgan fingerprint density at radius 3 is 2.10 bits per heavy atom. The van der Waals surface area contributed by atoms with Gasteiger partial charge in [-0.15, -0.1) is 0 Å². The van der Waals surface area contributed by atoms with Gasteiger partial charge in [0.2, 0.25) is 0 Å². The number of amides is 1. The maximum Gasteiger partial charge on any atom is 0.434 e. The first kappa shape index (κ1) is 29.9. The lowest BCUT2D eigenvalue weighted by Gasteiger charge is -2.39. The highest BCUT2D eigenvalue weighted by molar-refractivity contribution is 5.68. The molecule has 0 aromatic heterocycles. The average molecular weight is 570 g/mol. The Labute approximate surface area is 223 Å². The van der Waals surface area contributed by atoms with E-state index in [1.54, 1.807) is 12.1 Å². The van der Waals surface area contributed by atoms with E-state index in [0.717, 1.165) is 18.0 Å². The van der Waals surface area contributed by atoms with Gasteiger partial charge in [0.05, 0.1) is 13.2 Å². The Morgan fingerprint density at radius 2 is 1.54 bits per heavy atom. The number of carbonyl (C=O) groups is 1. The second kappa shape index (κ2) is 11.0. The molecule has 3 aliphatic rings. The van der Waals surface area contributed by atoms with Gasteiger partial charge in [-0.05, 0) is 38.5 Å². The van der Waals surface area contributed by atoms with Crippen molar-refractivity contribution in [1.82, 2.24) is 14.7 Å². The average Bonchev–Trinajstić information content (AvgIpc) is 3.08. The van der Waals surface area contributed by atoms with Crippen LogP contribution in [0.4, 0.5) is 35.5 Å². The molecule has 0 bridgehead atoms. The predicted molar refractivity (Wildman–Crippen MR) is 127 cm³/mol. The van der Waals surface area contributed by atoms with Crippen molar-refractivity contribution in [2.45, 2.75) is 70.2 Å². The van der Waals surface area contributed by atoms with E-state index < -0.39 is 24.5 Å². The summed E-state index contributed by atoms with van der Waals surface area (Å²) >= 11 is 0. The molecule has 4 rings (SSSR count). The van der Waals surface area contributed by atoms with Gasteiger partial charge in [0.25, 0.3) is 6.10 Å². The van der Waals surface area contributed by atoms with Gasteiger partial charge < -0.3 is 14.4 Å². The number of hydrogen-bond acceptors (Lipinski definition) is 5. The van der Waals surface area contributed by atoms with Gasteiger partial charge in [-0.3, -0.25) is 9.80 Å². The van der Waals surface area contributed by atoms with Crippen molar-refractivity contribution >= 4 is 6.09 Å². The quantitative estimate of drug-likeness (QED) is 0.448. The molecule has 3 fully saturated rings. The molecule has 1 aromatic rings. The monoisotopic (exact) mass is 569 g/mol. The van der Waals surface area contributed by atoms with Crippen LogP contribution < -0.4 is 0 Å². The summed E-state index contributed by atoms with van der Waals surface area (Å²) in [6.45, 7) is 8.18. The number of likely N-dealkylation sites (tertiary alicyclic amines) is 2. The van der Waals surface area contributed by atoms with Gasteiger partial charge in [0, 0.05) is 62.5 Å². The molecular formula is C26H34F7N3O3. The molecular weight excluding hydrogens is 535 g/mol. The van der Waals surface area contributed by atoms with Crippen LogP contribution >= 0.6 is 0 Å². The molecule has 3 saturated heterocycles. The van der Waals surface area contributed by atoms with Crippen LogP contribution in [0.25, 0.3) is 0 Å². The van der Waals surface area contributed by atoms with Gasteiger partial charge in [-0.2, -0.15) is 26.3 Å². The van der Waals surface area contributed by atoms with Gasteiger partial charge in [0.15, 0.2) is 0 Å². The van der Waals surface area contributed by atoms with Crippen LogP contribution in [0.1, 0.15) is 44.2 Å². The van der Waals surface area contributed by atoms with E-state index in [0.29, 0.717) is 63.2 Å². The number of hydrogen-bond donors (Lipinski definition) is 0. The number of alkyl halides is 6. The van der Waals surface area contributed by atoms with Crippen LogP contribution in [-0.4, -0.2) is 90.7 Å². The smallest absolute Gasteiger partial charge is 0.426 e. The molecule has 0 aliphatic carbocycles. The number of benzene rings is 1. The molecule has 0 radical (unpaired) electrons. The first-order valence-corrected chi connectivity index (χ1v) is 13.0. The highest BCUT2D eigenvalue weighted by atomic mass is 19.4. The standard InChI is InChI=1S/C26H34F7N3O3/c1-23(2)16-24(6-8-35(9-7-24)22(37)39-21(25(28,29)30)26(31,32)33)17-36(23)15-19-5-3-4-18(20(19)27)14-34-10-12-38-13-11-34/h3-5,21H,6-17H2,1-2H3. The number of halogens is 7. The third kappa shape index (κ3) is 6.97. The topological polar surface area (TPSA) is 45.2 Å². The molecule has 3 heterocycles. The normalized spacial score (nSPS) is 22.6. The number of nitrogens with zero attached hydrogens (tertiary/aromatic N) is 3. The lowest BCUT2D eigenvalue weighted by Crippen LogP contribution is -2.50. The van der Waals surface area contributed by atoms with Crippen LogP contribution in [0.15, 0.2) is 18.2 Å². The molecule has 1 amide bonds. The Hall–Kier alpha value is -2.12. The minimum Gasteiger partial charge on any atom is -0.426 e. The van der Waals surface area contributed by atoms with Gasteiger partial charge in [-0.25, -0.2) is 9.18 Å². The number of carbonyl (C=O) groups excluding carboxylic acids is 1. The number of morpholine rings is 1. The zero-order valence-corrected chi connectivity index (χ0v) is 22.0. The fourth-order valence-electron chi connectivity index (χ4n) is 6.05. The lowest BCUT2D eigenvalue weighted by atomic mass is 9.74. The van der Waals surface area contributed by atoms with Crippen molar-refractivity contribution in [1.29, 1.82) is 0 Å². The van der Waals surface area contributed by atoms with Crippen LogP contribution in [0.2, 0.25) is 0 Å².